The first-order chi connectivity index (χ1) is 8.04. The summed E-state index contributed by atoms with van der Waals surface area (Å²) >= 11 is 5.97. The van der Waals surface area contributed by atoms with E-state index in [-0.39, 0.29) is 5.91 Å². The number of halogens is 1. The Hall–Kier alpha value is -1.42. The molecule has 0 bridgehead atoms. The van der Waals surface area contributed by atoms with Gasteiger partial charge in [0, 0.05) is 18.0 Å². The number of rotatable bonds is 5. The molecule has 17 heavy (non-hydrogen) atoms. The van der Waals surface area contributed by atoms with Gasteiger partial charge in [0.05, 0.1) is 13.7 Å². The minimum atomic E-state index is -0.0761. The molecule has 1 aromatic carbocycles. The van der Waals surface area contributed by atoms with Crippen LogP contribution < -0.4 is 14.8 Å². The van der Waals surface area contributed by atoms with Gasteiger partial charge in [-0.1, -0.05) is 11.6 Å². The average molecular weight is 258 g/mol. The van der Waals surface area contributed by atoms with E-state index in [4.69, 9.17) is 21.1 Å². The fourth-order valence-corrected chi connectivity index (χ4v) is 1.45. The molecule has 0 saturated heterocycles. The first-order valence-corrected chi connectivity index (χ1v) is 5.63. The third-order valence-electron chi connectivity index (χ3n) is 2.18. The van der Waals surface area contributed by atoms with Crippen molar-refractivity contribution in [1.82, 2.24) is 5.32 Å². The van der Waals surface area contributed by atoms with Crippen LogP contribution in [0.5, 0.6) is 11.5 Å². The molecule has 0 heterocycles. The molecule has 1 rings (SSSR count). The predicted molar refractivity (Wildman–Crippen MR) is 66.9 cm³/mol. The predicted octanol–water partition coefficient (Wildman–Crippen LogP) is 2.17. The van der Waals surface area contributed by atoms with E-state index >= 15 is 0 Å². The molecule has 94 valence electrons. The van der Waals surface area contributed by atoms with Crippen LogP contribution >= 0.6 is 11.6 Å². The lowest BCUT2D eigenvalue weighted by atomic mass is 10.2. The number of ether oxygens (including phenoxy) is 2. The van der Waals surface area contributed by atoms with Crippen LogP contribution in [0.4, 0.5) is 0 Å². The van der Waals surface area contributed by atoms with Gasteiger partial charge in [-0.25, -0.2) is 0 Å². The van der Waals surface area contributed by atoms with Crippen LogP contribution in [0.1, 0.15) is 12.5 Å². The molecule has 0 fully saturated rings. The number of hydrogen-bond acceptors (Lipinski definition) is 3. The van der Waals surface area contributed by atoms with Crippen molar-refractivity contribution in [2.75, 3.05) is 20.3 Å². The summed E-state index contributed by atoms with van der Waals surface area (Å²) in [6, 6.07) is 3.53. The van der Waals surface area contributed by atoms with Crippen LogP contribution in [-0.4, -0.2) is 26.2 Å². The molecule has 0 saturated carbocycles. The largest absolute Gasteiger partial charge is 0.493 e. The van der Waals surface area contributed by atoms with Crippen molar-refractivity contribution in [3.05, 3.63) is 22.7 Å². The summed E-state index contributed by atoms with van der Waals surface area (Å²) in [5, 5.41) is 3.28. The van der Waals surface area contributed by atoms with Crippen LogP contribution in [0.25, 0.3) is 0 Å². The van der Waals surface area contributed by atoms with E-state index < -0.39 is 0 Å². The molecular weight excluding hydrogens is 242 g/mol. The van der Waals surface area contributed by atoms with Crippen molar-refractivity contribution >= 4 is 17.5 Å². The molecule has 1 amide bonds. The first-order valence-electron chi connectivity index (χ1n) is 5.26. The molecule has 0 spiro atoms. The van der Waals surface area contributed by atoms with Gasteiger partial charge in [-0.05, 0) is 18.6 Å². The number of aryl methyl sites for hydroxylation is 1. The molecule has 0 unspecified atom stereocenters. The van der Waals surface area contributed by atoms with Crippen LogP contribution in [0.15, 0.2) is 12.1 Å². The molecule has 5 heteroatoms. The zero-order valence-corrected chi connectivity index (χ0v) is 10.9. The first kappa shape index (κ1) is 13.6. The number of nitrogens with one attached hydrogen (secondary N) is 1. The topological polar surface area (TPSA) is 47.6 Å². The molecule has 0 atom stereocenters. The number of hydrogen-bond donors (Lipinski definition) is 1. The number of carbonyl (C=O) groups is 1. The van der Waals surface area contributed by atoms with Gasteiger partial charge < -0.3 is 14.8 Å². The Kier molecular flexibility index (Phi) is 5.10. The van der Waals surface area contributed by atoms with Crippen molar-refractivity contribution in [2.45, 2.75) is 13.8 Å². The van der Waals surface area contributed by atoms with Gasteiger partial charge in [0.25, 0.3) is 0 Å². The van der Waals surface area contributed by atoms with Gasteiger partial charge in [-0.2, -0.15) is 0 Å². The fraction of sp³-hybridized carbons (Fsp3) is 0.417. The number of amides is 1. The highest BCUT2D eigenvalue weighted by Crippen LogP contribution is 2.32. The normalized spacial score (nSPS) is 9.88. The second-order valence-electron chi connectivity index (χ2n) is 3.58. The molecule has 0 aliphatic heterocycles. The second-order valence-corrected chi connectivity index (χ2v) is 3.99. The van der Waals surface area contributed by atoms with E-state index in [0.29, 0.717) is 29.7 Å². The Morgan fingerprint density at radius 3 is 2.71 bits per heavy atom. The number of carbonyl (C=O) groups excluding carboxylic acids is 1. The van der Waals surface area contributed by atoms with Crippen molar-refractivity contribution in [3.63, 3.8) is 0 Å². The summed E-state index contributed by atoms with van der Waals surface area (Å²) in [5.74, 6) is 1.14. The molecule has 0 aromatic heterocycles. The Bertz CT molecular complexity index is 407. The molecular formula is C12H16ClNO3. The molecule has 0 radical (unpaired) electrons. The standard InChI is InChI=1S/C12H16ClNO3/c1-8-6-12(11(16-3)7-10(8)13)17-5-4-14-9(2)15/h6-7H,4-5H2,1-3H3,(H,14,15). The Labute approximate surface area is 106 Å². The molecule has 1 N–H and O–H groups in total. The maximum absolute atomic E-state index is 10.7. The van der Waals surface area contributed by atoms with E-state index in [1.54, 1.807) is 13.2 Å². The minimum Gasteiger partial charge on any atom is -0.493 e. The van der Waals surface area contributed by atoms with E-state index in [0.717, 1.165) is 5.56 Å². The second kappa shape index (κ2) is 6.35. The lowest BCUT2D eigenvalue weighted by Crippen LogP contribution is -2.25. The van der Waals surface area contributed by atoms with E-state index in [2.05, 4.69) is 5.32 Å². The Morgan fingerprint density at radius 2 is 2.12 bits per heavy atom. The van der Waals surface area contributed by atoms with Crippen LogP contribution in [0.2, 0.25) is 5.02 Å². The van der Waals surface area contributed by atoms with Gasteiger partial charge in [-0.15, -0.1) is 0 Å². The summed E-state index contributed by atoms with van der Waals surface area (Å²) < 4.78 is 10.7. The van der Waals surface area contributed by atoms with Crippen molar-refractivity contribution in [2.24, 2.45) is 0 Å². The molecule has 0 aliphatic carbocycles. The van der Waals surface area contributed by atoms with Crippen molar-refractivity contribution in [1.29, 1.82) is 0 Å². The van der Waals surface area contributed by atoms with Gasteiger partial charge in [0.2, 0.25) is 5.91 Å². The highest BCUT2D eigenvalue weighted by Gasteiger charge is 2.07. The van der Waals surface area contributed by atoms with Crippen LogP contribution in [0.3, 0.4) is 0 Å². The fourth-order valence-electron chi connectivity index (χ4n) is 1.30. The summed E-state index contributed by atoms with van der Waals surface area (Å²) in [5.41, 5.74) is 0.919. The zero-order chi connectivity index (χ0) is 12.8. The zero-order valence-electron chi connectivity index (χ0n) is 10.2. The van der Waals surface area contributed by atoms with Gasteiger partial charge >= 0.3 is 0 Å². The number of methoxy groups -OCH3 is 1. The number of benzene rings is 1. The van der Waals surface area contributed by atoms with E-state index in [1.807, 2.05) is 13.0 Å². The summed E-state index contributed by atoms with van der Waals surface area (Å²) in [7, 11) is 1.56. The smallest absolute Gasteiger partial charge is 0.216 e. The Balaban J connectivity index is 2.63. The third kappa shape index (κ3) is 4.15. The molecule has 4 nitrogen and oxygen atoms in total. The van der Waals surface area contributed by atoms with Crippen molar-refractivity contribution in [3.8, 4) is 11.5 Å². The third-order valence-corrected chi connectivity index (χ3v) is 2.59. The van der Waals surface area contributed by atoms with Gasteiger partial charge in [0.1, 0.15) is 6.61 Å². The minimum absolute atomic E-state index is 0.0761. The maximum atomic E-state index is 10.7. The lowest BCUT2D eigenvalue weighted by molar-refractivity contribution is -0.119. The SMILES string of the molecule is COc1cc(Cl)c(C)cc1OCCNC(C)=O. The highest BCUT2D eigenvalue weighted by molar-refractivity contribution is 6.31. The van der Waals surface area contributed by atoms with Crippen LogP contribution in [-0.2, 0) is 4.79 Å². The van der Waals surface area contributed by atoms with Gasteiger partial charge in [-0.3, -0.25) is 4.79 Å². The lowest BCUT2D eigenvalue weighted by Gasteiger charge is -2.12. The maximum Gasteiger partial charge on any atom is 0.216 e. The molecule has 0 aliphatic rings. The monoisotopic (exact) mass is 257 g/mol. The van der Waals surface area contributed by atoms with E-state index in [9.17, 15) is 4.79 Å². The Morgan fingerprint density at radius 1 is 1.41 bits per heavy atom. The van der Waals surface area contributed by atoms with Crippen molar-refractivity contribution < 1.29 is 14.3 Å². The van der Waals surface area contributed by atoms with Crippen LogP contribution in [0, 0.1) is 6.92 Å². The van der Waals surface area contributed by atoms with E-state index in [1.165, 1.54) is 6.92 Å². The van der Waals surface area contributed by atoms with Gasteiger partial charge in [0.15, 0.2) is 11.5 Å². The summed E-state index contributed by atoms with van der Waals surface area (Å²) in [4.78, 5) is 10.7. The molecule has 1 aromatic rings. The summed E-state index contributed by atoms with van der Waals surface area (Å²) in [6.07, 6.45) is 0. The highest BCUT2D eigenvalue weighted by atomic mass is 35.5. The average Bonchev–Trinajstić information content (AvgIpc) is 2.28. The quantitative estimate of drug-likeness (QED) is 0.823. The summed E-state index contributed by atoms with van der Waals surface area (Å²) in [6.45, 7) is 4.20.